The number of alkyl halides is 3. The number of hydrogen-bond donors (Lipinski definition) is 1. The zero-order chi connectivity index (χ0) is 17.9. The van der Waals surface area contributed by atoms with Crippen LogP contribution in [0.1, 0.15) is 10.4 Å². The average molecular weight is 365 g/mol. The number of pyridine rings is 1. The van der Waals surface area contributed by atoms with E-state index in [9.17, 15) is 18.0 Å². The van der Waals surface area contributed by atoms with Crippen LogP contribution in [-0.2, 0) is 0 Å². The van der Waals surface area contributed by atoms with Crippen molar-refractivity contribution < 1.29 is 22.7 Å². The number of nitrogens with one attached hydrogen (secondary N) is 1. The quantitative estimate of drug-likeness (QED) is 0.746. The lowest BCUT2D eigenvalue weighted by Gasteiger charge is -2.09. The molecule has 0 radical (unpaired) electrons. The predicted molar refractivity (Wildman–Crippen MR) is 86.4 cm³/mol. The van der Waals surface area contributed by atoms with Crippen LogP contribution in [0.5, 0.6) is 5.75 Å². The van der Waals surface area contributed by atoms with Gasteiger partial charge in [-0.2, -0.15) is 0 Å². The third-order valence-corrected chi connectivity index (χ3v) is 3.79. The summed E-state index contributed by atoms with van der Waals surface area (Å²) in [5, 5.41) is 4.75. The summed E-state index contributed by atoms with van der Waals surface area (Å²) in [5.41, 5.74) is 1.67. The molecule has 0 unspecified atom stereocenters. The maximum Gasteiger partial charge on any atom is 0.573 e. The summed E-state index contributed by atoms with van der Waals surface area (Å²) in [6.45, 7) is 0. The van der Waals surface area contributed by atoms with Crippen LogP contribution in [0.15, 0.2) is 54.2 Å². The van der Waals surface area contributed by atoms with Gasteiger partial charge in [0.1, 0.15) is 5.75 Å². The van der Waals surface area contributed by atoms with Crippen LogP contribution in [0.4, 0.5) is 18.3 Å². The van der Waals surface area contributed by atoms with Gasteiger partial charge in [0, 0.05) is 28.9 Å². The molecule has 0 fully saturated rings. The fraction of sp³-hybridized carbons (Fsp3) is 0.0625. The molecule has 0 aliphatic heterocycles. The Bertz CT molecular complexity index is 864. The first-order valence-corrected chi connectivity index (χ1v) is 7.82. The van der Waals surface area contributed by atoms with Crippen molar-refractivity contribution in [3.05, 3.63) is 59.7 Å². The van der Waals surface area contributed by atoms with Gasteiger partial charge in [0.2, 0.25) is 0 Å². The van der Waals surface area contributed by atoms with Crippen molar-refractivity contribution in [3.8, 4) is 17.0 Å². The van der Waals surface area contributed by atoms with Gasteiger partial charge in [-0.15, -0.1) is 24.5 Å². The second kappa shape index (κ2) is 6.89. The zero-order valence-corrected chi connectivity index (χ0v) is 13.3. The maximum atomic E-state index is 12.1. The molecule has 0 saturated carbocycles. The molecule has 0 saturated heterocycles. The largest absolute Gasteiger partial charge is 0.573 e. The van der Waals surface area contributed by atoms with Crippen LogP contribution in [0.25, 0.3) is 11.3 Å². The Morgan fingerprint density at radius 1 is 1.16 bits per heavy atom. The van der Waals surface area contributed by atoms with Crippen LogP contribution in [0.2, 0.25) is 0 Å². The minimum Gasteiger partial charge on any atom is -0.406 e. The number of aromatic nitrogens is 2. The molecule has 0 bridgehead atoms. The standard InChI is InChI=1S/C16H10F3N3O2S/c17-16(18,19)24-12-5-3-10(4-6-12)14(23)22-15-21-13(9-25-15)11-2-1-7-20-8-11/h1-9H,(H,21,22,23). The van der Waals surface area contributed by atoms with Crippen molar-refractivity contribution in [2.75, 3.05) is 5.32 Å². The molecule has 5 nitrogen and oxygen atoms in total. The second-order valence-electron chi connectivity index (χ2n) is 4.81. The topological polar surface area (TPSA) is 64.1 Å². The first kappa shape index (κ1) is 16.9. The molecule has 25 heavy (non-hydrogen) atoms. The fourth-order valence-electron chi connectivity index (χ4n) is 1.96. The third-order valence-electron chi connectivity index (χ3n) is 3.03. The summed E-state index contributed by atoms with van der Waals surface area (Å²) < 4.78 is 40.1. The first-order valence-electron chi connectivity index (χ1n) is 6.94. The summed E-state index contributed by atoms with van der Waals surface area (Å²) in [6.07, 6.45) is -1.47. The van der Waals surface area contributed by atoms with E-state index in [1.165, 1.54) is 23.5 Å². The van der Waals surface area contributed by atoms with Crippen molar-refractivity contribution in [2.45, 2.75) is 6.36 Å². The van der Waals surface area contributed by atoms with E-state index in [-0.39, 0.29) is 5.56 Å². The predicted octanol–water partition coefficient (Wildman–Crippen LogP) is 4.36. The summed E-state index contributed by atoms with van der Waals surface area (Å²) >= 11 is 1.23. The van der Waals surface area contributed by atoms with Crippen LogP contribution in [-0.4, -0.2) is 22.2 Å². The minimum absolute atomic E-state index is 0.188. The molecule has 9 heteroatoms. The highest BCUT2D eigenvalue weighted by Gasteiger charge is 2.31. The Balaban J connectivity index is 1.67. The Labute approximate surface area is 144 Å². The highest BCUT2D eigenvalue weighted by Crippen LogP contribution is 2.25. The van der Waals surface area contributed by atoms with Crippen LogP contribution >= 0.6 is 11.3 Å². The highest BCUT2D eigenvalue weighted by atomic mass is 32.1. The molecule has 1 amide bonds. The average Bonchev–Trinajstić information content (AvgIpc) is 3.03. The van der Waals surface area contributed by atoms with Gasteiger partial charge in [-0.1, -0.05) is 0 Å². The molecule has 128 valence electrons. The Morgan fingerprint density at radius 3 is 2.56 bits per heavy atom. The van der Waals surface area contributed by atoms with Crippen molar-refractivity contribution in [3.63, 3.8) is 0 Å². The van der Waals surface area contributed by atoms with Crippen LogP contribution in [0.3, 0.4) is 0 Å². The van der Waals surface area contributed by atoms with Crippen molar-refractivity contribution in [2.24, 2.45) is 0 Å². The van der Waals surface area contributed by atoms with Gasteiger partial charge in [0.05, 0.1) is 5.69 Å². The third kappa shape index (κ3) is 4.54. The molecular formula is C16H10F3N3O2S. The molecule has 2 heterocycles. The molecular weight excluding hydrogens is 355 g/mol. The van der Waals surface area contributed by atoms with Gasteiger partial charge in [0.25, 0.3) is 5.91 Å². The molecule has 0 atom stereocenters. The van der Waals surface area contributed by atoms with Crippen molar-refractivity contribution in [1.82, 2.24) is 9.97 Å². The minimum atomic E-state index is -4.77. The van der Waals surface area contributed by atoms with Gasteiger partial charge in [0.15, 0.2) is 5.13 Å². The van der Waals surface area contributed by atoms with Crippen LogP contribution in [0, 0.1) is 0 Å². The monoisotopic (exact) mass is 365 g/mol. The van der Waals surface area contributed by atoms with Gasteiger partial charge in [-0.25, -0.2) is 4.98 Å². The van der Waals surface area contributed by atoms with E-state index in [2.05, 4.69) is 20.0 Å². The number of anilines is 1. The zero-order valence-electron chi connectivity index (χ0n) is 12.4. The highest BCUT2D eigenvalue weighted by molar-refractivity contribution is 7.14. The normalized spacial score (nSPS) is 11.2. The second-order valence-corrected chi connectivity index (χ2v) is 5.66. The molecule has 1 N–H and O–H groups in total. The Hall–Kier alpha value is -2.94. The van der Waals surface area contributed by atoms with E-state index in [1.54, 1.807) is 23.8 Å². The lowest BCUT2D eigenvalue weighted by molar-refractivity contribution is -0.274. The van der Waals surface area contributed by atoms with E-state index in [0.717, 1.165) is 17.7 Å². The Morgan fingerprint density at radius 2 is 1.92 bits per heavy atom. The lowest BCUT2D eigenvalue weighted by atomic mass is 10.2. The van der Waals surface area contributed by atoms with Crippen LogP contribution < -0.4 is 10.1 Å². The van der Waals surface area contributed by atoms with Gasteiger partial charge in [-0.05, 0) is 36.4 Å². The number of carbonyl (C=O) groups excluding carboxylic acids is 1. The van der Waals surface area contributed by atoms with Gasteiger partial charge in [-0.3, -0.25) is 15.1 Å². The number of halogens is 3. The van der Waals surface area contributed by atoms with Crippen molar-refractivity contribution >= 4 is 22.4 Å². The molecule has 0 aliphatic carbocycles. The fourth-order valence-corrected chi connectivity index (χ4v) is 2.67. The Kier molecular flexibility index (Phi) is 4.66. The number of benzene rings is 1. The van der Waals surface area contributed by atoms with E-state index in [4.69, 9.17) is 0 Å². The number of hydrogen-bond acceptors (Lipinski definition) is 5. The maximum absolute atomic E-state index is 12.1. The van der Waals surface area contributed by atoms with E-state index in [0.29, 0.717) is 10.8 Å². The molecule has 3 rings (SSSR count). The SMILES string of the molecule is O=C(Nc1nc(-c2cccnc2)cs1)c1ccc(OC(F)(F)F)cc1. The van der Waals surface area contributed by atoms with Gasteiger partial charge >= 0.3 is 6.36 Å². The molecule has 2 aromatic heterocycles. The summed E-state index contributed by atoms with van der Waals surface area (Å²) in [7, 11) is 0. The summed E-state index contributed by atoms with van der Waals surface area (Å²) in [6, 6.07) is 8.25. The number of nitrogens with zero attached hydrogens (tertiary/aromatic N) is 2. The first-order chi connectivity index (χ1) is 11.9. The number of thiazole rings is 1. The lowest BCUT2D eigenvalue weighted by Crippen LogP contribution is -2.17. The molecule has 3 aromatic rings. The van der Waals surface area contributed by atoms with E-state index < -0.39 is 18.0 Å². The number of ether oxygens (including phenoxy) is 1. The molecule has 0 spiro atoms. The van der Waals surface area contributed by atoms with Gasteiger partial charge < -0.3 is 4.74 Å². The smallest absolute Gasteiger partial charge is 0.406 e. The molecule has 1 aromatic carbocycles. The van der Waals surface area contributed by atoms with E-state index in [1.807, 2.05) is 6.07 Å². The number of rotatable bonds is 4. The number of carbonyl (C=O) groups is 1. The van der Waals surface area contributed by atoms with Crippen molar-refractivity contribution in [1.29, 1.82) is 0 Å². The summed E-state index contributed by atoms with van der Waals surface area (Å²) in [5.74, 6) is -0.872. The number of amides is 1. The van der Waals surface area contributed by atoms with E-state index >= 15 is 0 Å². The summed E-state index contributed by atoms with van der Waals surface area (Å²) in [4.78, 5) is 20.4. The molecule has 0 aliphatic rings.